The molecule has 72 valence electrons. The molecule has 0 unspecified atom stereocenters. The van der Waals surface area contributed by atoms with E-state index in [4.69, 9.17) is 4.74 Å². The molecule has 0 bridgehead atoms. The number of H-pyrrole nitrogens is 1. The standard InChI is InChI=1S/C9H8BrN3O/c1-14-7-5-3-2-4-6(7)8-9(10)12-13-11-8/h2-5H,1H3,(H,11,12,13). The van der Waals surface area contributed by atoms with Crippen molar-refractivity contribution in [2.24, 2.45) is 0 Å². The Balaban J connectivity index is 2.56. The predicted molar refractivity (Wildman–Crippen MR) is 56.1 cm³/mol. The zero-order valence-electron chi connectivity index (χ0n) is 7.49. The predicted octanol–water partition coefficient (Wildman–Crippen LogP) is 2.24. The summed E-state index contributed by atoms with van der Waals surface area (Å²) in [5.41, 5.74) is 1.66. The summed E-state index contributed by atoms with van der Waals surface area (Å²) < 4.78 is 5.90. The molecule has 2 rings (SSSR count). The molecule has 0 amide bonds. The van der Waals surface area contributed by atoms with Crippen molar-refractivity contribution in [1.29, 1.82) is 0 Å². The SMILES string of the molecule is COc1ccccc1-c1n[nH]nc1Br. The lowest BCUT2D eigenvalue weighted by atomic mass is 10.1. The third-order valence-electron chi connectivity index (χ3n) is 1.87. The quantitative estimate of drug-likeness (QED) is 0.894. The van der Waals surface area contributed by atoms with Crippen molar-refractivity contribution < 1.29 is 4.74 Å². The highest BCUT2D eigenvalue weighted by Gasteiger charge is 2.11. The summed E-state index contributed by atoms with van der Waals surface area (Å²) in [6.45, 7) is 0. The van der Waals surface area contributed by atoms with Crippen LogP contribution in [0.2, 0.25) is 0 Å². The molecule has 1 heterocycles. The van der Waals surface area contributed by atoms with Gasteiger partial charge in [-0.2, -0.15) is 10.3 Å². The van der Waals surface area contributed by atoms with Crippen LogP contribution in [0.25, 0.3) is 11.3 Å². The zero-order valence-corrected chi connectivity index (χ0v) is 9.08. The normalized spacial score (nSPS) is 10.1. The minimum absolute atomic E-state index is 0.682. The molecule has 0 aliphatic carbocycles. The lowest BCUT2D eigenvalue weighted by molar-refractivity contribution is 0.416. The van der Waals surface area contributed by atoms with Crippen molar-refractivity contribution in [3.63, 3.8) is 0 Å². The molecule has 4 nitrogen and oxygen atoms in total. The van der Waals surface area contributed by atoms with Crippen LogP contribution in [0.1, 0.15) is 0 Å². The molecule has 1 aromatic heterocycles. The van der Waals surface area contributed by atoms with Gasteiger partial charge in [0.05, 0.1) is 7.11 Å². The summed E-state index contributed by atoms with van der Waals surface area (Å²) >= 11 is 3.31. The summed E-state index contributed by atoms with van der Waals surface area (Å²) in [6, 6.07) is 7.66. The number of hydrogen-bond donors (Lipinski definition) is 1. The molecule has 0 atom stereocenters. The Morgan fingerprint density at radius 2 is 2.07 bits per heavy atom. The van der Waals surface area contributed by atoms with E-state index in [0.29, 0.717) is 4.60 Å². The maximum absolute atomic E-state index is 5.22. The molecule has 5 heteroatoms. The molecule has 2 aromatic rings. The number of para-hydroxylation sites is 1. The largest absolute Gasteiger partial charge is 0.496 e. The Morgan fingerprint density at radius 1 is 1.29 bits per heavy atom. The van der Waals surface area contributed by atoms with E-state index in [1.54, 1.807) is 7.11 Å². The number of benzene rings is 1. The minimum Gasteiger partial charge on any atom is -0.496 e. The van der Waals surface area contributed by atoms with Gasteiger partial charge in [0.1, 0.15) is 11.4 Å². The van der Waals surface area contributed by atoms with Crippen LogP contribution in [0, 0.1) is 0 Å². The summed E-state index contributed by atoms with van der Waals surface area (Å²) in [5, 5.41) is 10.5. The van der Waals surface area contributed by atoms with Crippen LogP contribution < -0.4 is 4.74 Å². The van der Waals surface area contributed by atoms with Gasteiger partial charge in [-0.25, -0.2) is 0 Å². The second-order valence-electron chi connectivity index (χ2n) is 2.66. The van der Waals surface area contributed by atoms with E-state index in [2.05, 4.69) is 31.3 Å². The first-order valence-corrected chi connectivity index (χ1v) is 4.82. The highest BCUT2D eigenvalue weighted by atomic mass is 79.9. The average molecular weight is 254 g/mol. The summed E-state index contributed by atoms with van der Waals surface area (Å²) in [5.74, 6) is 0.780. The Morgan fingerprint density at radius 3 is 2.71 bits per heavy atom. The van der Waals surface area contributed by atoms with Gasteiger partial charge in [0, 0.05) is 5.56 Å². The number of aromatic nitrogens is 3. The van der Waals surface area contributed by atoms with Gasteiger partial charge in [-0.3, -0.25) is 0 Å². The van der Waals surface area contributed by atoms with Crippen LogP contribution in [0.3, 0.4) is 0 Å². The Kier molecular flexibility index (Phi) is 2.49. The van der Waals surface area contributed by atoms with E-state index in [1.165, 1.54) is 0 Å². The van der Waals surface area contributed by atoms with E-state index in [-0.39, 0.29) is 0 Å². The summed E-state index contributed by atoms with van der Waals surface area (Å²) in [6.07, 6.45) is 0. The fourth-order valence-electron chi connectivity index (χ4n) is 1.23. The van der Waals surface area contributed by atoms with Gasteiger partial charge in [0.2, 0.25) is 0 Å². The number of rotatable bonds is 2. The first kappa shape index (κ1) is 9.21. The molecule has 0 radical (unpaired) electrons. The van der Waals surface area contributed by atoms with Crippen molar-refractivity contribution in [2.75, 3.05) is 7.11 Å². The number of methoxy groups -OCH3 is 1. The topological polar surface area (TPSA) is 50.8 Å². The lowest BCUT2D eigenvalue weighted by Gasteiger charge is -2.04. The maximum atomic E-state index is 5.22. The van der Waals surface area contributed by atoms with Crippen LogP contribution in [0.15, 0.2) is 28.9 Å². The van der Waals surface area contributed by atoms with Crippen LogP contribution in [-0.2, 0) is 0 Å². The molecule has 0 aliphatic rings. The van der Waals surface area contributed by atoms with E-state index < -0.39 is 0 Å². The van der Waals surface area contributed by atoms with E-state index in [0.717, 1.165) is 17.0 Å². The maximum Gasteiger partial charge on any atom is 0.156 e. The van der Waals surface area contributed by atoms with E-state index in [9.17, 15) is 0 Å². The number of aromatic amines is 1. The van der Waals surface area contributed by atoms with Gasteiger partial charge in [-0.1, -0.05) is 12.1 Å². The summed E-state index contributed by atoms with van der Waals surface area (Å²) in [7, 11) is 1.63. The van der Waals surface area contributed by atoms with E-state index >= 15 is 0 Å². The van der Waals surface area contributed by atoms with Crippen LogP contribution in [-0.4, -0.2) is 22.5 Å². The molecule has 0 spiro atoms. The van der Waals surface area contributed by atoms with Crippen molar-refractivity contribution in [1.82, 2.24) is 15.4 Å². The van der Waals surface area contributed by atoms with Crippen molar-refractivity contribution >= 4 is 15.9 Å². The fourth-order valence-corrected chi connectivity index (χ4v) is 1.61. The van der Waals surface area contributed by atoms with Crippen LogP contribution in [0.4, 0.5) is 0 Å². The molecule has 0 aliphatic heterocycles. The Bertz CT molecular complexity index is 441. The lowest BCUT2D eigenvalue weighted by Crippen LogP contribution is -1.87. The molecule has 1 N–H and O–H groups in total. The van der Waals surface area contributed by atoms with Gasteiger partial charge in [-0.05, 0) is 28.1 Å². The number of ether oxygens (including phenoxy) is 1. The van der Waals surface area contributed by atoms with Gasteiger partial charge in [0.25, 0.3) is 0 Å². The van der Waals surface area contributed by atoms with Gasteiger partial charge < -0.3 is 4.74 Å². The minimum atomic E-state index is 0.682. The highest BCUT2D eigenvalue weighted by molar-refractivity contribution is 9.10. The molecule has 0 saturated carbocycles. The third-order valence-corrected chi connectivity index (χ3v) is 2.42. The molecular weight excluding hydrogens is 246 g/mol. The van der Waals surface area contributed by atoms with Gasteiger partial charge >= 0.3 is 0 Å². The smallest absolute Gasteiger partial charge is 0.156 e. The molecular formula is C9H8BrN3O. The monoisotopic (exact) mass is 253 g/mol. The van der Waals surface area contributed by atoms with Crippen LogP contribution >= 0.6 is 15.9 Å². The van der Waals surface area contributed by atoms with Gasteiger partial charge in [0.15, 0.2) is 4.60 Å². The van der Waals surface area contributed by atoms with Gasteiger partial charge in [-0.15, -0.1) is 5.10 Å². The fraction of sp³-hybridized carbons (Fsp3) is 0.111. The van der Waals surface area contributed by atoms with Crippen molar-refractivity contribution in [2.45, 2.75) is 0 Å². The average Bonchev–Trinajstić information content (AvgIpc) is 2.64. The number of nitrogens with zero attached hydrogens (tertiary/aromatic N) is 2. The first-order valence-electron chi connectivity index (χ1n) is 4.02. The molecule has 0 saturated heterocycles. The molecule has 14 heavy (non-hydrogen) atoms. The second-order valence-corrected chi connectivity index (χ2v) is 3.41. The number of halogens is 1. The van der Waals surface area contributed by atoms with Crippen LogP contribution in [0.5, 0.6) is 5.75 Å². The Labute approximate surface area is 89.4 Å². The van der Waals surface area contributed by atoms with Crippen molar-refractivity contribution in [3.8, 4) is 17.0 Å². The first-order chi connectivity index (χ1) is 6.83. The second kappa shape index (κ2) is 3.79. The third kappa shape index (κ3) is 1.50. The Hall–Kier alpha value is -1.36. The molecule has 1 aromatic carbocycles. The number of nitrogens with one attached hydrogen (secondary N) is 1. The highest BCUT2D eigenvalue weighted by Crippen LogP contribution is 2.31. The van der Waals surface area contributed by atoms with E-state index in [1.807, 2.05) is 24.3 Å². The number of hydrogen-bond acceptors (Lipinski definition) is 3. The zero-order chi connectivity index (χ0) is 9.97. The summed E-state index contributed by atoms with van der Waals surface area (Å²) in [4.78, 5) is 0. The molecule has 0 fully saturated rings. The van der Waals surface area contributed by atoms with Crippen molar-refractivity contribution in [3.05, 3.63) is 28.9 Å².